The second kappa shape index (κ2) is 6.23. The van der Waals surface area contributed by atoms with Crippen LogP contribution >= 0.6 is 15.9 Å². The van der Waals surface area contributed by atoms with Crippen LogP contribution in [0.1, 0.15) is 11.1 Å². The maximum Gasteiger partial charge on any atom is 0.282 e. The molecule has 0 aliphatic carbocycles. The first-order valence-corrected chi connectivity index (χ1v) is 8.05. The molecule has 0 saturated heterocycles. The third-order valence-corrected chi connectivity index (χ3v) is 4.86. The van der Waals surface area contributed by atoms with Gasteiger partial charge >= 0.3 is 0 Å². The van der Waals surface area contributed by atoms with E-state index < -0.39 is 0 Å². The van der Waals surface area contributed by atoms with Crippen molar-refractivity contribution in [2.75, 3.05) is 25.7 Å². The largest absolute Gasteiger partial charge is 0.493 e. The number of aryl methyl sites for hydroxylation is 1. The number of rotatable bonds is 3. The molecule has 7 heteroatoms. The number of aromatic nitrogens is 2. The van der Waals surface area contributed by atoms with Gasteiger partial charge in [-0.25, -0.2) is 4.68 Å². The van der Waals surface area contributed by atoms with Gasteiger partial charge in [0, 0.05) is 20.1 Å². The first-order valence-electron chi connectivity index (χ1n) is 7.25. The Labute approximate surface area is 142 Å². The quantitative estimate of drug-likeness (QED) is 0.817. The minimum Gasteiger partial charge on any atom is -0.493 e. The van der Waals surface area contributed by atoms with Gasteiger partial charge in [0.05, 0.1) is 26.1 Å². The summed E-state index contributed by atoms with van der Waals surface area (Å²) in [4.78, 5) is 14.2. The first-order chi connectivity index (χ1) is 11.0. The fourth-order valence-corrected chi connectivity index (χ4v) is 3.42. The Kier molecular flexibility index (Phi) is 4.30. The molecule has 1 aromatic heterocycles. The van der Waals surface area contributed by atoms with Gasteiger partial charge in [0.25, 0.3) is 5.56 Å². The van der Waals surface area contributed by atoms with Crippen LogP contribution in [-0.2, 0) is 20.0 Å². The molecule has 0 unspecified atom stereocenters. The fraction of sp³-hybridized carbons (Fsp3) is 0.375. The van der Waals surface area contributed by atoms with Crippen LogP contribution in [-0.4, -0.2) is 30.5 Å². The summed E-state index contributed by atoms with van der Waals surface area (Å²) in [5, 5.41) is 4.12. The number of fused-ring (bicyclic) bond motifs is 1. The van der Waals surface area contributed by atoms with E-state index in [9.17, 15) is 4.79 Å². The molecule has 1 aromatic carbocycles. The van der Waals surface area contributed by atoms with Crippen LogP contribution in [0.3, 0.4) is 0 Å². The Morgan fingerprint density at radius 1 is 1.17 bits per heavy atom. The highest BCUT2D eigenvalue weighted by molar-refractivity contribution is 9.10. The lowest BCUT2D eigenvalue weighted by Crippen LogP contribution is -2.33. The molecule has 2 heterocycles. The van der Waals surface area contributed by atoms with Crippen molar-refractivity contribution >= 4 is 21.6 Å². The number of ether oxygens (including phenoxy) is 2. The standard InChI is InChI=1S/C16H18BrN3O3/c1-19-16(21)15(17)12(8-18-19)20-5-4-10-6-13(22-2)14(23-3)7-11(10)9-20/h6-8H,4-5,9H2,1-3H3. The number of benzene rings is 1. The third kappa shape index (κ3) is 2.81. The Hall–Kier alpha value is -2.02. The Bertz CT molecular complexity index is 804. The molecule has 0 N–H and O–H groups in total. The average Bonchev–Trinajstić information content (AvgIpc) is 2.58. The van der Waals surface area contributed by atoms with E-state index in [1.54, 1.807) is 27.5 Å². The van der Waals surface area contributed by atoms with Crippen molar-refractivity contribution in [3.8, 4) is 11.5 Å². The van der Waals surface area contributed by atoms with Gasteiger partial charge in [-0.2, -0.15) is 5.10 Å². The van der Waals surface area contributed by atoms with Gasteiger partial charge in [0.1, 0.15) is 4.47 Å². The zero-order valence-electron chi connectivity index (χ0n) is 13.3. The van der Waals surface area contributed by atoms with Crippen LogP contribution in [0.2, 0.25) is 0 Å². The molecule has 1 aliphatic heterocycles. The lowest BCUT2D eigenvalue weighted by Gasteiger charge is -2.31. The van der Waals surface area contributed by atoms with Gasteiger partial charge in [-0.15, -0.1) is 0 Å². The van der Waals surface area contributed by atoms with Crippen molar-refractivity contribution in [3.63, 3.8) is 0 Å². The maximum atomic E-state index is 12.1. The van der Waals surface area contributed by atoms with E-state index in [1.807, 2.05) is 12.1 Å². The van der Waals surface area contributed by atoms with Crippen LogP contribution in [0.4, 0.5) is 5.69 Å². The van der Waals surface area contributed by atoms with E-state index in [0.717, 1.165) is 24.4 Å². The van der Waals surface area contributed by atoms with Crippen molar-refractivity contribution in [1.82, 2.24) is 9.78 Å². The predicted octanol–water partition coefficient (Wildman–Crippen LogP) is 2.12. The number of hydrogen-bond acceptors (Lipinski definition) is 5. The predicted molar refractivity (Wildman–Crippen MR) is 91.5 cm³/mol. The summed E-state index contributed by atoms with van der Waals surface area (Å²) >= 11 is 3.40. The Morgan fingerprint density at radius 2 is 1.83 bits per heavy atom. The number of anilines is 1. The molecule has 6 nitrogen and oxygen atoms in total. The average molecular weight is 380 g/mol. The molecule has 0 radical (unpaired) electrons. The molecular weight excluding hydrogens is 362 g/mol. The van der Waals surface area contributed by atoms with Crippen molar-refractivity contribution in [2.24, 2.45) is 7.05 Å². The van der Waals surface area contributed by atoms with Crippen LogP contribution < -0.4 is 19.9 Å². The molecule has 0 amide bonds. The smallest absolute Gasteiger partial charge is 0.282 e. The summed E-state index contributed by atoms with van der Waals surface area (Å²) in [6.07, 6.45) is 2.59. The lowest BCUT2D eigenvalue weighted by atomic mass is 9.98. The van der Waals surface area contributed by atoms with Gasteiger partial charge in [0.2, 0.25) is 0 Å². The molecule has 122 valence electrons. The van der Waals surface area contributed by atoms with Crippen LogP contribution in [0.25, 0.3) is 0 Å². The topological polar surface area (TPSA) is 56.6 Å². The van der Waals surface area contributed by atoms with Gasteiger partial charge in [-0.3, -0.25) is 4.79 Å². The highest BCUT2D eigenvalue weighted by atomic mass is 79.9. The van der Waals surface area contributed by atoms with Crippen LogP contribution in [0.5, 0.6) is 11.5 Å². The normalized spacial score (nSPS) is 13.7. The SMILES string of the molecule is COc1cc2c(cc1OC)CN(c1cnn(C)c(=O)c1Br)CC2. The number of halogens is 1. The monoisotopic (exact) mass is 379 g/mol. The van der Waals surface area contributed by atoms with E-state index in [1.165, 1.54) is 15.8 Å². The molecule has 2 aromatic rings. The second-order valence-corrected chi connectivity index (χ2v) is 6.21. The number of hydrogen-bond donors (Lipinski definition) is 0. The van der Waals surface area contributed by atoms with Crippen LogP contribution in [0.15, 0.2) is 27.6 Å². The molecule has 0 atom stereocenters. The lowest BCUT2D eigenvalue weighted by molar-refractivity contribution is 0.353. The molecule has 1 aliphatic rings. The summed E-state index contributed by atoms with van der Waals surface area (Å²) in [7, 11) is 4.91. The van der Waals surface area contributed by atoms with E-state index in [2.05, 4.69) is 25.9 Å². The highest BCUT2D eigenvalue weighted by Crippen LogP contribution is 2.35. The van der Waals surface area contributed by atoms with E-state index in [4.69, 9.17) is 9.47 Å². The molecule has 23 heavy (non-hydrogen) atoms. The van der Waals surface area contributed by atoms with Crippen molar-refractivity contribution in [1.29, 1.82) is 0 Å². The van der Waals surface area contributed by atoms with E-state index >= 15 is 0 Å². The molecule has 0 saturated carbocycles. The van der Waals surface area contributed by atoms with Crippen LogP contribution in [0, 0.1) is 0 Å². The van der Waals surface area contributed by atoms with E-state index in [-0.39, 0.29) is 5.56 Å². The molecular formula is C16H18BrN3O3. The molecule has 0 bridgehead atoms. The minimum absolute atomic E-state index is 0.138. The summed E-state index contributed by atoms with van der Waals surface area (Å²) in [5.41, 5.74) is 3.09. The summed E-state index contributed by atoms with van der Waals surface area (Å²) < 4.78 is 12.6. The zero-order valence-corrected chi connectivity index (χ0v) is 14.9. The second-order valence-electron chi connectivity index (χ2n) is 5.42. The summed E-state index contributed by atoms with van der Waals surface area (Å²) in [5.74, 6) is 1.46. The summed E-state index contributed by atoms with van der Waals surface area (Å²) in [6, 6.07) is 4.03. The summed E-state index contributed by atoms with van der Waals surface area (Å²) in [6.45, 7) is 1.51. The maximum absolute atomic E-state index is 12.1. The third-order valence-electron chi connectivity index (χ3n) is 4.12. The molecule has 0 fully saturated rings. The Balaban J connectivity index is 1.97. The van der Waals surface area contributed by atoms with Crippen molar-refractivity contribution in [3.05, 3.63) is 44.3 Å². The minimum atomic E-state index is -0.138. The van der Waals surface area contributed by atoms with Crippen molar-refractivity contribution < 1.29 is 9.47 Å². The number of nitrogens with zero attached hydrogens (tertiary/aromatic N) is 3. The van der Waals surface area contributed by atoms with Gasteiger partial charge < -0.3 is 14.4 Å². The number of methoxy groups -OCH3 is 2. The Morgan fingerprint density at radius 3 is 2.48 bits per heavy atom. The van der Waals surface area contributed by atoms with Crippen molar-refractivity contribution in [2.45, 2.75) is 13.0 Å². The zero-order chi connectivity index (χ0) is 16.6. The van der Waals surface area contributed by atoms with E-state index in [0.29, 0.717) is 16.8 Å². The molecule has 3 rings (SSSR count). The van der Waals surface area contributed by atoms with Gasteiger partial charge in [-0.1, -0.05) is 0 Å². The van der Waals surface area contributed by atoms with Gasteiger partial charge in [0.15, 0.2) is 11.5 Å². The fourth-order valence-electron chi connectivity index (χ4n) is 2.81. The van der Waals surface area contributed by atoms with Gasteiger partial charge in [-0.05, 0) is 45.6 Å². The highest BCUT2D eigenvalue weighted by Gasteiger charge is 2.22. The molecule has 0 spiro atoms. The first kappa shape index (κ1) is 15.9.